The maximum Gasteiger partial charge on any atom is 0.265 e. The largest absolute Gasteiger partial charge is 0.344 e. The lowest BCUT2D eigenvalue weighted by Gasteiger charge is -2.07. The minimum absolute atomic E-state index is 0.127. The van der Waals surface area contributed by atoms with Gasteiger partial charge in [0.25, 0.3) is 5.91 Å². The van der Waals surface area contributed by atoms with Crippen molar-refractivity contribution in [2.75, 3.05) is 25.2 Å². The highest BCUT2D eigenvalue weighted by atomic mass is 32.2. The number of nitrogens with one attached hydrogen (secondary N) is 1. The fourth-order valence-electron chi connectivity index (χ4n) is 2.85. The number of aryl methyl sites for hydroxylation is 1. The van der Waals surface area contributed by atoms with Crippen molar-refractivity contribution in [3.63, 3.8) is 0 Å². The Balaban J connectivity index is 1.62. The van der Waals surface area contributed by atoms with Crippen LogP contribution in [0.1, 0.15) is 40.7 Å². The molecule has 0 saturated heterocycles. The predicted molar refractivity (Wildman–Crippen MR) is 125 cm³/mol. The summed E-state index contributed by atoms with van der Waals surface area (Å²) in [6, 6.07) is 8.27. The number of nitrogens with zero attached hydrogens (tertiary/aromatic N) is 5. The summed E-state index contributed by atoms with van der Waals surface area (Å²) in [6.45, 7) is 6.07. The van der Waals surface area contributed by atoms with Gasteiger partial charge in [-0.2, -0.15) is 0 Å². The number of thioether (sulfide) groups is 1. The highest BCUT2D eigenvalue weighted by molar-refractivity contribution is 7.99. The third kappa shape index (κ3) is 5.31. The lowest BCUT2D eigenvalue weighted by atomic mass is 10.0. The molecule has 8 nitrogen and oxygen atoms in total. The highest BCUT2D eigenvalue weighted by Crippen LogP contribution is 2.26. The second-order valence-corrected chi connectivity index (χ2v) is 9.55. The number of thiazole rings is 1. The van der Waals surface area contributed by atoms with Crippen LogP contribution in [0.2, 0.25) is 0 Å². The first-order valence-electron chi connectivity index (χ1n) is 9.78. The molecule has 3 aromatic rings. The predicted octanol–water partition coefficient (Wildman–Crippen LogP) is 3.80. The summed E-state index contributed by atoms with van der Waals surface area (Å²) in [5.74, 6) is 1.04. The molecule has 0 fully saturated rings. The van der Waals surface area contributed by atoms with Gasteiger partial charge in [-0.1, -0.05) is 61.2 Å². The summed E-state index contributed by atoms with van der Waals surface area (Å²) in [4.78, 5) is 30.8. The number of carbonyl (C=O) groups excluding carboxylic acids is 2. The number of aromatic nitrogens is 4. The number of hydrogen-bond donors (Lipinski definition) is 1. The minimum atomic E-state index is -0.214. The Bertz CT molecular complexity index is 1090. The van der Waals surface area contributed by atoms with E-state index in [0.717, 1.165) is 11.4 Å². The van der Waals surface area contributed by atoms with Crippen LogP contribution in [-0.4, -0.2) is 56.3 Å². The van der Waals surface area contributed by atoms with Gasteiger partial charge in [-0.05, 0) is 18.4 Å². The van der Waals surface area contributed by atoms with Gasteiger partial charge in [0.2, 0.25) is 5.91 Å². The molecule has 2 aromatic heterocycles. The molecule has 0 radical (unpaired) electrons. The molecule has 0 atom stereocenters. The zero-order chi connectivity index (χ0) is 22.7. The Labute approximate surface area is 190 Å². The van der Waals surface area contributed by atoms with Crippen molar-refractivity contribution < 1.29 is 9.59 Å². The molecule has 31 heavy (non-hydrogen) atoms. The van der Waals surface area contributed by atoms with Crippen molar-refractivity contribution in [3.8, 4) is 11.4 Å². The van der Waals surface area contributed by atoms with E-state index in [1.807, 2.05) is 23.7 Å². The summed E-state index contributed by atoms with van der Waals surface area (Å²) in [6.07, 6.45) is 0. The Morgan fingerprint density at radius 2 is 1.87 bits per heavy atom. The van der Waals surface area contributed by atoms with Crippen LogP contribution in [0.3, 0.4) is 0 Å². The van der Waals surface area contributed by atoms with Crippen molar-refractivity contribution in [1.82, 2.24) is 24.6 Å². The second-order valence-electron chi connectivity index (χ2n) is 7.61. The fraction of sp³-hybridized carbons (Fsp3) is 0.381. The minimum Gasteiger partial charge on any atom is -0.344 e. The smallest absolute Gasteiger partial charge is 0.265 e. The van der Waals surface area contributed by atoms with Crippen LogP contribution in [0, 0.1) is 6.92 Å². The van der Waals surface area contributed by atoms with E-state index in [2.05, 4.69) is 46.5 Å². The molecule has 1 aromatic carbocycles. The van der Waals surface area contributed by atoms with Crippen LogP contribution in [0.4, 0.5) is 5.13 Å². The van der Waals surface area contributed by atoms with Crippen molar-refractivity contribution in [2.24, 2.45) is 7.05 Å². The van der Waals surface area contributed by atoms with Crippen LogP contribution in [0.5, 0.6) is 0 Å². The van der Waals surface area contributed by atoms with E-state index in [0.29, 0.717) is 26.8 Å². The second kappa shape index (κ2) is 9.61. The van der Waals surface area contributed by atoms with Gasteiger partial charge in [-0.25, -0.2) is 4.98 Å². The summed E-state index contributed by atoms with van der Waals surface area (Å²) >= 11 is 2.48. The first-order valence-corrected chi connectivity index (χ1v) is 11.6. The molecule has 0 unspecified atom stereocenters. The van der Waals surface area contributed by atoms with E-state index >= 15 is 0 Å². The molecule has 164 valence electrons. The average Bonchev–Trinajstić information content (AvgIpc) is 3.27. The van der Waals surface area contributed by atoms with E-state index in [-0.39, 0.29) is 17.6 Å². The summed E-state index contributed by atoms with van der Waals surface area (Å²) in [5, 5.41) is 12.3. The van der Waals surface area contributed by atoms with Crippen LogP contribution in [-0.2, 0) is 11.8 Å². The molecule has 1 N–H and O–H groups in total. The van der Waals surface area contributed by atoms with Crippen LogP contribution < -0.4 is 5.32 Å². The fourth-order valence-corrected chi connectivity index (χ4v) is 4.56. The summed E-state index contributed by atoms with van der Waals surface area (Å²) in [5.41, 5.74) is 2.85. The van der Waals surface area contributed by atoms with Gasteiger partial charge in [0.05, 0.1) is 11.4 Å². The first-order chi connectivity index (χ1) is 14.7. The normalized spacial score (nSPS) is 11.1. The molecule has 10 heteroatoms. The lowest BCUT2D eigenvalue weighted by Crippen LogP contribution is -2.21. The Kier molecular flexibility index (Phi) is 7.11. The van der Waals surface area contributed by atoms with E-state index in [9.17, 15) is 9.59 Å². The van der Waals surface area contributed by atoms with Gasteiger partial charge in [0.15, 0.2) is 16.1 Å². The van der Waals surface area contributed by atoms with Crippen LogP contribution >= 0.6 is 23.1 Å². The van der Waals surface area contributed by atoms with Gasteiger partial charge in [-0.15, -0.1) is 10.2 Å². The molecule has 2 heterocycles. The number of rotatable bonds is 7. The van der Waals surface area contributed by atoms with Gasteiger partial charge in [-0.3, -0.25) is 9.59 Å². The molecular formula is C21H26N6O2S2. The van der Waals surface area contributed by atoms with Crippen LogP contribution in [0.25, 0.3) is 11.4 Å². The van der Waals surface area contributed by atoms with Crippen molar-refractivity contribution in [3.05, 3.63) is 40.4 Å². The number of benzene rings is 1. The van der Waals surface area contributed by atoms with Gasteiger partial charge < -0.3 is 14.8 Å². The average molecular weight is 459 g/mol. The van der Waals surface area contributed by atoms with Crippen molar-refractivity contribution in [2.45, 2.75) is 31.8 Å². The molecule has 0 spiro atoms. The molecule has 0 aliphatic heterocycles. The van der Waals surface area contributed by atoms with E-state index in [1.165, 1.54) is 33.6 Å². The third-order valence-corrected chi connectivity index (χ3v) is 6.73. The molecule has 2 amide bonds. The topological polar surface area (TPSA) is 93.0 Å². The highest BCUT2D eigenvalue weighted by Gasteiger charge is 2.19. The third-order valence-electron chi connectivity index (χ3n) is 4.65. The monoisotopic (exact) mass is 458 g/mol. The van der Waals surface area contributed by atoms with Crippen LogP contribution in [0.15, 0.2) is 29.4 Å². The summed E-state index contributed by atoms with van der Waals surface area (Å²) < 4.78 is 1.88. The van der Waals surface area contributed by atoms with Gasteiger partial charge in [0.1, 0.15) is 4.88 Å². The zero-order valence-corrected chi connectivity index (χ0v) is 20.1. The SMILES string of the molecule is Cc1nc(NC(=O)CSc2nnc(-c3ccc(C(C)C)cc3)n2C)sc1C(=O)N(C)C. The first kappa shape index (κ1) is 23.0. The Morgan fingerprint density at radius 1 is 1.19 bits per heavy atom. The maximum absolute atomic E-state index is 12.4. The molecule has 0 aliphatic carbocycles. The quantitative estimate of drug-likeness (QED) is 0.541. The van der Waals surface area contributed by atoms with Gasteiger partial charge in [0, 0.05) is 26.7 Å². The standard InChI is InChI=1S/C21H26N6O2S2/c1-12(2)14-7-9-15(10-8-14)18-24-25-21(27(18)6)30-11-16(28)23-20-22-13(3)17(31-20)19(29)26(4)5/h7-10,12H,11H2,1-6H3,(H,22,23,28). The van der Waals surface area contributed by atoms with Gasteiger partial charge >= 0.3 is 0 Å². The number of carbonyl (C=O) groups is 2. The van der Waals surface area contributed by atoms with E-state index in [1.54, 1.807) is 21.0 Å². The van der Waals surface area contributed by atoms with E-state index < -0.39 is 0 Å². The van der Waals surface area contributed by atoms with Crippen molar-refractivity contribution >= 4 is 40.0 Å². The molecular weight excluding hydrogens is 432 g/mol. The van der Waals surface area contributed by atoms with Crippen molar-refractivity contribution in [1.29, 1.82) is 0 Å². The molecule has 3 rings (SSSR count). The molecule has 0 aliphatic rings. The zero-order valence-electron chi connectivity index (χ0n) is 18.5. The van der Waals surface area contributed by atoms with E-state index in [4.69, 9.17) is 0 Å². The maximum atomic E-state index is 12.4. The lowest BCUT2D eigenvalue weighted by molar-refractivity contribution is -0.113. The summed E-state index contributed by atoms with van der Waals surface area (Å²) in [7, 11) is 5.25. The number of anilines is 1. The number of amides is 2. The molecule has 0 saturated carbocycles. The Morgan fingerprint density at radius 3 is 2.48 bits per heavy atom. The Hall–Kier alpha value is -2.72. The number of hydrogen-bond acceptors (Lipinski definition) is 7. The molecule has 0 bridgehead atoms.